The van der Waals surface area contributed by atoms with E-state index in [4.69, 9.17) is 14.7 Å². The molecule has 2 aliphatic rings. The summed E-state index contributed by atoms with van der Waals surface area (Å²) < 4.78 is 5.62. The van der Waals surface area contributed by atoms with Crippen molar-refractivity contribution in [3.63, 3.8) is 0 Å². The topological polar surface area (TPSA) is 50.3 Å². The van der Waals surface area contributed by atoms with E-state index in [9.17, 15) is 0 Å². The summed E-state index contributed by atoms with van der Waals surface area (Å²) in [6, 6.07) is 15.5. The summed E-state index contributed by atoms with van der Waals surface area (Å²) in [5, 5.41) is 6.02. The van der Waals surface area contributed by atoms with Crippen molar-refractivity contribution >= 4 is 16.7 Å². The van der Waals surface area contributed by atoms with Gasteiger partial charge in [-0.15, -0.1) is 0 Å². The van der Waals surface area contributed by atoms with E-state index < -0.39 is 0 Å². The van der Waals surface area contributed by atoms with Gasteiger partial charge in [-0.1, -0.05) is 36.4 Å². The number of benzene rings is 2. The fourth-order valence-electron chi connectivity index (χ4n) is 4.26. The Kier molecular flexibility index (Phi) is 4.71. The fourth-order valence-corrected chi connectivity index (χ4v) is 4.26. The van der Waals surface area contributed by atoms with Gasteiger partial charge in [0.15, 0.2) is 0 Å². The summed E-state index contributed by atoms with van der Waals surface area (Å²) in [5.74, 6) is 0.847. The van der Waals surface area contributed by atoms with Gasteiger partial charge in [0, 0.05) is 30.6 Å². The van der Waals surface area contributed by atoms with Crippen LogP contribution in [0.15, 0.2) is 42.5 Å². The van der Waals surface area contributed by atoms with E-state index in [2.05, 4.69) is 59.6 Å². The molecule has 5 nitrogen and oxygen atoms in total. The molecule has 5 heteroatoms. The van der Waals surface area contributed by atoms with E-state index >= 15 is 0 Å². The molecule has 1 atom stereocenters. The second kappa shape index (κ2) is 7.49. The number of anilines is 1. The molecule has 28 heavy (non-hydrogen) atoms. The molecule has 3 heterocycles. The summed E-state index contributed by atoms with van der Waals surface area (Å²) in [4.78, 5) is 12.4. The first kappa shape index (κ1) is 17.6. The van der Waals surface area contributed by atoms with Gasteiger partial charge in [0.2, 0.25) is 5.95 Å². The van der Waals surface area contributed by atoms with Gasteiger partial charge in [-0.2, -0.15) is 0 Å². The van der Waals surface area contributed by atoms with Crippen LogP contribution in [0.25, 0.3) is 22.0 Å². The Labute approximate surface area is 165 Å². The van der Waals surface area contributed by atoms with Crippen LogP contribution in [-0.4, -0.2) is 48.9 Å². The molecule has 0 amide bonds. The molecule has 2 aromatic carbocycles. The van der Waals surface area contributed by atoms with E-state index in [1.54, 1.807) is 0 Å². The van der Waals surface area contributed by atoms with Gasteiger partial charge in [-0.25, -0.2) is 9.97 Å². The average Bonchev–Trinajstić information content (AvgIpc) is 2.98. The van der Waals surface area contributed by atoms with Crippen LogP contribution in [0.1, 0.15) is 18.2 Å². The minimum absolute atomic E-state index is 0.292. The van der Waals surface area contributed by atoms with E-state index in [-0.39, 0.29) is 0 Å². The van der Waals surface area contributed by atoms with Crippen molar-refractivity contribution < 1.29 is 4.74 Å². The Bertz CT molecular complexity index is 1000. The smallest absolute Gasteiger partial charge is 0.226 e. The maximum Gasteiger partial charge on any atom is 0.226 e. The number of hydrogen-bond donors (Lipinski definition) is 1. The van der Waals surface area contributed by atoms with Gasteiger partial charge >= 0.3 is 0 Å². The average molecular weight is 374 g/mol. The number of aromatic nitrogens is 2. The van der Waals surface area contributed by atoms with Gasteiger partial charge in [-0.05, 0) is 36.7 Å². The second-order valence-corrected chi connectivity index (χ2v) is 7.73. The van der Waals surface area contributed by atoms with Crippen molar-refractivity contribution in [3.05, 3.63) is 53.7 Å². The lowest BCUT2D eigenvalue weighted by molar-refractivity contribution is 0.0980. The SMILES string of the molecule is C[C@@H]1COCCN1c1nc2c(c(-c3ccc4ccccc4c3)n1)CCNCC2. The molecule has 0 saturated carbocycles. The van der Waals surface area contributed by atoms with Gasteiger partial charge in [0.25, 0.3) is 0 Å². The normalized spacial score (nSPS) is 20.0. The Hall–Kier alpha value is -2.50. The summed E-state index contributed by atoms with van der Waals surface area (Å²) in [6.45, 7) is 6.44. The molecule has 0 aliphatic carbocycles. The highest BCUT2D eigenvalue weighted by Crippen LogP contribution is 2.31. The van der Waals surface area contributed by atoms with Crippen LogP contribution in [0.5, 0.6) is 0 Å². The molecule has 0 spiro atoms. The van der Waals surface area contributed by atoms with Crippen LogP contribution in [0.4, 0.5) is 5.95 Å². The molecule has 144 valence electrons. The van der Waals surface area contributed by atoms with Crippen LogP contribution in [0.2, 0.25) is 0 Å². The molecule has 0 unspecified atom stereocenters. The monoisotopic (exact) mass is 374 g/mol. The molecular formula is C23H26N4O. The first-order valence-electron chi connectivity index (χ1n) is 10.2. The van der Waals surface area contributed by atoms with E-state index in [0.29, 0.717) is 6.04 Å². The highest BCUT2D eigenvalue weighted by molar-refractivity contribution is 5.87. The third-order valence-corrected chi connectivity index (χ3v) is 5.82. The lowest BCUT2D eigenvalue weighted by Crippen LogP contribution is -2.44. The van der Waals surface area contributed by atoms with Crippen LogP contribution < -0.4 is 10.2 Å². The standard InChI is InChI=1S/C23H26N4O/c1-16-15-28-13-12-27(16)23-25-21-9-11-24-10-8-20(21)22(26-23)19-7-6-17-4-2-3-5-18(17)14-19/h2-7,14,16,24H,8-13,15H2,1H3/t16-/m1/s1. The number of nitrogens with one attached hydrogen (secondary N) is 1. The summed E-state index contributed by atoms with van der Waals surface area (Å²) in [6.07, 6.45) is 1.92. The highest BCUT2D eigenvalue weighted by atomic mass is 16.5. The van der Waals surface area contributed by atoms with Crippen molar-refractivity contribution in [1.29, 1.82) is 0 Å². The van der Waals surface area contributed by atoms with Crippen LogP contribution in [0, 0.1) is 0 Å². The van der Waals surface area contributed by atoms with Gasteiger partial charge in [0.05, 0.1) is 30.6 Å². The zero-order chi connectivity index (χ0) is 18.9. The minimum Gasteiger partial charge on any atom is -0.377 e. The summed E-state index contributed by atoms with van der Waals surface area (Å²) in [7, 11) is 0. The minimum atomic E-state index is 0.292. The number of nitrogens with zero attached hydrogens (tertiary/aromatic N) is 3. The van der Waals surface area contributed by atoms with Gasteiger partial charge in [0.1, 0.15) is 0 Å². The Morgan fingerprint density at radius 2 is 1.89 bits per heavy atom. The number of fused-ring (bicyclic) bond motifs is 2. The first-order valence-corrected chi connectivity index (χ1v) is 10.2. The largest absolute Gasteiger partial charge is 0.377 e. The molecule has 1 fully saturated rings. The molecule has 1 aromatic heterocycles. The maximum absolute atomic E-state index is 5.62. The highest BCUT2D eigenvalue weighted by Gasteiger charge is 2.25. The summed E-state index contributed by atoms with van der Waals surface area (Å²) in [5.41, 5.74) is 4.76. The molecule has 0 bridgehead atoms. The zero-order valence-corrected chi connectivity index (χ0v) is 16.3. The first-order chi connectivity index (χ1) is 13.8. The Balaban J connectivity index is 1.66. The van der Waals surface area contributed by atoms with Crippen molar-refractivity contribution in [2.45, 2.75) is 25.8 Å². The molecule has 3 aromatic rings. The predicted molar refractivity (Wildman–Crippen MR) is 113 cm³/mol. The molecule has 2 aliphatic heterocycles. The number of morpholine rings is 1. The van der Waals surface area contributed by atoms with E-state index in [1.165, 1.54) is 27.6 Å². The molecule has 1 saturated heterocycles. The van der Waals surface area contributed by atoms with Crippen molar-refractivity contribution in [2.75, 3.05) is 37.7 Å². The second-order valence-electron chi connectivity index (χ2n) is 7.73. The molecular weight excluding hydrogens is 348 g/mol. The Morgan fingerprint density at radius 3 is 2.79 bits per heavy atom. The maximum atomic E-state index is 5.62. The molecule has 5 rings (SSSR count). The van der Waals surface area contributed by atoms with Gasteiger partial charge in [-0.3, -0.25) is 0 Å². The summed E-state index contributed by atoms with van der Waals surface area (Å²) >= 11 is 0. The van der Waals surface area contributed by atoms with Crippen molar-refractivity contribution in [3.8, 4) is 11.3 Å². The van der Waals surface area contributed by atoms with Crippen LogP contribution >= 0.6 is 0 Å². The lowest BCUT2D eigenvalue weighted by Gasteiger charge is -2.34. The van der Waals surface area contributed by atoms with Crippen LogP contribution in [0.3, 0.4) is 0 Å². The molecule has 1 N–H and O–H groups in total. The number of rotatable bonds is 2. The molecule has 0 radical (unpaired) electrons. The number of hydrogen-bond acceptors (Lipinski definition) is 5. The third kappa shape index (κ3) is 3.25. The fraction of sp³-hybridized carbons (Fsp3) is 0.391. The zero-order valence-electron chi connectivity index (χ0n) is 16.3. The van der Waals surface area contributed by atoms with Crippen LogP contribution in [-0.2, 0) is 17.6 Å². The Morgan fingerprint density at radius 1 is 1.04 bits per heavy atom. The predicted octanol–water partition coefficient (Wildman–Crippen LogP) is 3.21. The number of ether oxygens (including phenoxy) is 1. The quantitative estimate of drug-likeness (QED) is 0.746. The third-order valence-electron chi connectivity index (χ3n) is 5.82. The van der Waals surface area contributed by atoms with Gasteiger partial charge < -0.3 is 15.0 Å². The van der Waals surface area contributed by atoms with Crippen molar-refractivity contribution in [1.82, 2.24) is 15.3 Å². The lowest BCUT2D eigenvalue weighted by atomic mass is 9.98. The van der Waals surface area contributed by atoms with Crippen molar-refractivity contribution in [2.24, 2.45) is 0 Å². The van der Waals surface area contributed by atoms with E-state index in [1.807, 2.05) is 0 Å². The van der Waals surface area contributed by atoms with E-state index in [0.717, 1.165) is 57.3 Å².